The molecule has 1 heterocycles. The third-order valence-corrected chi connectivity index (χ3v) is 3.42. The van der Waals surface area contributed by atoms with E-state index >= 15 is 0 Å². The molecule has 0 radical (unpaired) electrons. The quantitative estimate of drug-likeness (QED) is 0.817. The molecule has 0 saturated heterocycles. The number of nitrogens with zero attached hydrogens (tertiary/aromatic N) is 1. The Bertz CT molecular complexity index is 454. The average molecular weight is 233 g/mol. The Morgan fingerprint density at radius 1 is 1.41 bits per heavy atom. The SMILES string of the molecule is CCN1c2cccc(CN)c2NC(=O)C1(C)C. The van der Waals surface area contributed by atoms with Gasteiger partial charge in [-0.05, 0) is 32.4 Å². The number of rotatable bonds is 2. The second-order valence-corrected chi connectivity index (χ2v) is 4.77. The van der Waals surface area contributed by atoms with Gasteiger partial charge in [0.15, 0.2) is 0 Å². The van der Waals surface area contributed by atoms with Crippen LogP contribution in [0.25, 0.3) is 0 Å². The monoisotopic (exact) mass is 233 g/mol. The van der Waals surface area contributed by atoms with Crippen molar-refractivity contribution < 1.29 is 4.79 Å². The van der Waals surface area contributed by atoms with Gasteiger partial charge in [-0.15, -0.1) is 0 Å². The molecule has 1 aliphatic heterocycles. The van der Waals surface area contributed by atoms with Crippen LogP contribution in [-0.2, 0) is 11.3 Å². The van der Waals surface area contributed by atoms with Gasteiger partial charge in [0.05, 0.1) is 11.4 Å². The Morgan fingerprint density at radius 3 is 2.71 bits per heavy atom. The third-order valence-electron chi connectivity index (χ3n) is 3.42. The molecule has 0 bridgehead atoms. The van der Waals surface area contributed by atoms with Crippen molar-refractivity contribution in [2.75, 3.05) is 16.8 Å². The number of para-hydroxylation sites is 1. The van der Waals surface area contributed by atoms with Crippen LogP contribution in [0.15, 0.2) is 18.2 Å². The van der Waals surface area contributed by atoms with Crippen molar-refractivity contribution in [1.29, 1.82) is 0 Å². The van der Waals surface area contributed by atoms with Crippen LogP contribution in [0.1, 0.15) is 26.3 Å². The zero-order valence-corrected chi connectivity index (χ0v) is 10.6. The summed E-state index contributed by atoms with van der Waals surface area (Å²) in [6.45, 7) is 7.15. The Kier molecular flexibility index (Phi) is 2.83. The van der Waals surface area contributed by atoms with Gasteiger partial charge in [-0.25, -0.2) is 0 Å². The topological polar surface area (TPSA) is 58.4 Å². The molecule has 17 heavy (non-hydrogen) atoms. The molecular weight excluding hydrogens is 214 g/mol. The standard InChI is InChI=1S/C13H19N3O/c1-4-16-10-7-5-6-9(8-14)11(10)15-12(17)13(16,2)3/h5-7H,4,8,14H2,1-3H3,(H,15,17). The number of hydrogen-bond donors (Lipinski definition) is 2. The minimum Gasteiger partial charge on any atom is -0.356 e. The van der Waals surface area contributed by atoms with Crippen molar-refractivity contribution in [3.05, 3.63) is 23.8 Å². The first-order valence-corrected chi connectivity index (χ1v) is 5.93. The second-order valence-electron chi connectivity index (χ2n) is 4.77. The predicted molar refractivity (Wildman–Crippen MR) is 70.1 cm³/mol. The normalized spacial score (nSPS) is 17.6. The van der Waals surface area contributed by atoms with E-state index < -0.39 is 5.54 Å². The number of hydrogen-bond acceptors (Lipinski definition) is 3. The molecule has 1 aromatic carbocycles. The first-order valence-electron chi connectivity index (χ1n) is 5.93. The maximum Gasteiger partial charge on any atom is 0.249 e. The van der Waals surface area contributed by atoms with E-state index in [1.165, 1.54) is 0 Å². The third kappa shape index (κ3) is 1.69. The molecule has 0 aromatic heterocycles. The number of likely N-dealkylation sites (N-methyl/N-ethyl adjacent to an activating group) is 1. The highest BCUT2D eigenvalue weighted by Crippen LogP contribution is 2.38. The molecule has 0 atom stereocenters. The van der Waals surface area contributed by atoms with E-state index in [0.717, 1.165) is 23.5 Å². The fourth-order valence-electron chi connectivity index (χ4n) is 2.38. The molecule has 0 fully saturated rings. The molecule has 1 aliphatic rings. The van der Waals surface area contributed by atoms with Gasteiger partial charge in [0.2, 0.25) is 5.91 Å². The molecule has 0 unspecified atom stereocenters. The minimum atomic E-state index is -0.519. The minimum absolute atomic E-state index is 0.0211. The van der Waals surface area contributed by atoms with Crippen LogP contribution in [0.2, 0.25) is 0 Å². The maximum atomic E-state index is 12.1. The fourth-order valence-corrected chi connectivity index (χ4v) is 2.38. The molecule has 92 valence electrons. The van der Waals surface area contributed by atoms with Gasteiger partial charge in [-0.2, -0.15) is 0 Å². The molecule has 1 amide bonds. The van der Waals surface area contributed by atoms with E-state index in [1.807, 2.05) is 32.0 Å². The molecule has 3 N–H and O–H groups in total. The van der Waals surface area contributed by atoms with Crippen molar-refractivity contribution in [1.82, 2.24) is 0 Å². The van der Waals surface area contributed by atoms with Crippen molar-refractivity contribution in [3.63, 3.8) is 0 Å². The summed E-state index contributed by atoms with van der Waals surface area (Å²) in [4.78, 5) is 14.2. The Balaban J connectivity index is 2.60. The van der Waals surface area contributed by atoms with Crippen LogP contribution < -0.4 is 16.0 Å². The van der Waals surface area contributed by atoms with Gasteiger partial charge in [0.25, 0.3) is 0 Å². The highest BCUT2D eigenvalue weighted by atomic mass is 16.2. The molecule has 1 aromatic rings. The highest BCUT2D eigenvalue weighted by Gasteiger charge is 2.39. The number of amides is 1. The van der Waals surface area contributed by atoms with Crippen LogP contribution in [0.4, 0.5) is 11.4 Å². The van der Waals surface area contributed by atoms with Gasteiger partial charge in [-0.3, -0.25) is 4.79 Å². The zero-order valence-electron chi connectivity index (χ0n) is 10.6. The van der Waals surface area contributed by atoms with Crippen LogP contribution in [0.5, 0.6) is 0 Å². The maximum absolute atomic E-state index is 12.1. The van der Waals surface area contributed by atoms with Crippen molar-refractivity contribution in [3.8, 4) is 0 Å². The first kappa shape index (κ1) is 11.9. The van der Waals surface area contributed by atoms with E-state index in [0.29, 0.717) is 6.54 Å². The lowest BCUT2D eigenvalue weighted by molar-refractivity contribution is -0.120. The molecule has 4 heteroatoms. The fraction of sp³-hybridized carbons (Fsp3) is 0.462. The molecule has 0 saturated carbocycles. The summed E-state index contributed by atoms with van der Waals surface area (Å²) in [5.74, 6) is 0.0211. The number of carbonyl (C=O) groups is 1. The molecule has 0 aliphatic carbocycles. The van der Waals surface area contributed by atoms with Gasteiger partial charge in [0, 0.05) is 13.1 Å². The van der Waals surface area contributed by atoms with Crippen molar-refractivity contribution >= 4 is 17.3 Å². The Hall–Kier alpha value is -1.55. The average Bonchev–Trinajstić information content (AvgIpc) is 2.30. The van der Waals surface area contributed by atoms with E-state index in [2.05, 4.69) is 17.1 Å². The number of carbonyl (C=O) groups excluding carboxylic acids is 1. The summed E-state index contributed by atoms with van der Waals surface area (Å²) in [7, 11) is 0. The van der Waals surface area contributed by atoms with Gasteiger partial charge >= 0.3 is 0 Å². The first-order chi connectivity index (χ1) is 8.02. The van der Waals surface area contributed by atoms with Crippen LogP contribution >= 0.6 is 0 Å². The Morgan fingerprint density at radius 2 is 2.12 bits per heavy atom. The highest BCUT2D eigenvalue weighted by molar-refractivity contribution is 6.06. The van der Waals surface area contributed by atoms with E-state index in [-0.39, 0.29) is 5.91 Å². The summed E-state index contributed by atoms with van der Waals surface area (Å²) < 4.78 is 0. The largest absolute Gasteiger partial charge is 0.356 e. The van der Waals surface area contributed by atoms with Crippen LogP contribution in [0, 0.1) is 0 Å². The summed E-state index contributed by atoms with van der Waals surface area (Å²) in [6, 6.07) is 5.96. The number of benzene rings is 1. The number of fused-ring (bicyclic) bond motifs is 1. The number of nitrogens with two attached hydrogens (primary N) is 1. The van der Waals surface area contributed by atoms with Crippen LogP contribution in [-0.4, -0.2) is 18.0 Å². The lowest BCUT2D eigenvalue weighted by Crippen LogP contribution is -2.56. The smallest absolute Gasteiger partial charge is 0.249 e. The summed E-state index contributed by atoms with van der Waals surface area (Å²) in [6.07, 6.45) is 0. The van der Waals surface area contributed by atoms with E-state index in [9.17, 15) is 4.79 Å². The molecule has 0 spiro atoms. The summed E-state index contributed by atoms with van der Waals surface area (Å²) in [5.41, 5.74) is 8.08. The zero-order chi connectivity index (χ0) is 12.6. The van der Waals surface area contributed by atoms with Gasteiger partial charge < -0.3 is 16.0 Å². The second kappa shape index (κ2) is 4.04. The molecule has 2 rings (SSSR count). The lowest BCUT2D eigenvalue weighted by Gasteiger charge is -2.43. The summed E-state index contributed by atoms with van der Waals surface area (Å²) in [5, 5.41) is 2.97. The number of anilines is 2. The lowest BCUT2D eigenvalue weighted by atomic mass is 9.95. The van der Waals surface area contributed by atoms with Crippen LogP contribution in [0.3, 0.4) is 0 Å². The predicted octanol–water partition coefficient (Wildman–Crippen LogP) is 1.70. The molecular formula is C13H19N3O. The van der Waals surface area contributed by atoms with Gasteiger partial charge in [-0.1, -0.05) is 12.1 Å². The Labute approximate surface area is 102 Å². The van der Waals surface area contributed by atoms with Gasteiger partial charge in [0.1, 0.15) is 5.54 Å². The van der Waals surface area contributed by atoms with E-state index in [1.54, 1.807) is 0 Å². The molecule has 4 nitrogen and oxygen atoms in total. The van der Waals surface area contributed by atoms with E-state index in [4.69, 9.17) is 5.73 Å². The van der Waals surface area contributed by atoms with Crippen molar-refractivity contribution in [2.24, 2.45) is 5.73 Å². The van der Waals surface area contributed by atoms with Crippen molar-refractivity contribution in [2.45, 2.75) is 32.9 Å². The summed E-state index contributed by atoms with van der Waals surface area (Å²) >= 11 is 0. The number of nitrogens with one attached hydrogen (secondary N) is 1.